The molecule has 6 heteroatoms. The van der Waals surface area contributed by atoms with Crippen LogP contribution in [0.2, 0.25) is 0 Å². The van der Waals surface area contributed by atoms with Crippen molar-refractivity contribution in [2.24, 2.45) is 0 Å². The topological polar surface area (TPSA) is 38.8 Å². The summed E-state index contributed by atoms with van der Waals surface area (Å²) in [6.07, 6.45) is 0.968. The Morgan fingerprint density at radius 3 is 2.95 bits per heavy atom. The zero-order chi connectivity index (χ0) is 13.6. The summed E-state index contributed by atoms with van der Waals surface area (Å²) in [7, 11) is 1.62. The highest BCUT2D eigenvalue weighted by Gasteiger charge is 2.39. The third-order valence-corrected chi connectivity index (χ3v) is 4.66. The summed E-state index contributed by atoms with van der Waals surface area (Å²) in [5, 5.41) is -0.132. The molecule has 1 saturated heterocycles. The van der Waals surface area contributed by atoms with Crippen LogP contribution in [0.5, 0.6) is 0 Å². The van der Waals surface area contributed by atoms with Gasteiger partial charge in [-0.15, -0.1) is 0 Å². The normalized spacial score (nSPS) is 24.7. The second-order valence-electron chi connectivity index (χ2n) is 5.50. The fraction of sp³-hybridized carbons (Fsp3) is 0.462. The van der Waals surface area contributed by atoms with Crippen molar-refractivity contribution in [3.05, 3.63) is 18.2 Å². The molecule has 0 N–H and O–H groups in total. The first-order valence-electron chi connectivity index (χ1n) is 6.28. The van der Waals surface area contributed by atoms with Crippen LogP contribution in [0, 0.1) is 0 Å². The Hall–Kier alpha value is -0.975. The molecule has 0 saturated carbocycles. The Bertz CT molecular complexity index is 523. The van der Waals surface area contributed by atoms with Crippen molar-refractivity contribution in [2.45, 2.75) is 29.7 Å². The Morgan fingerprint density at radius 1 is 1.53 bits per heavy atom. The number of rotatable bonds is 2. The molecule has 2 heterocycles. The van der Waals surface area contributed by atoms with E-state index in [1.54, 1.807) is 11.8 Å². The standard InChI is InChI=1S/C13H16BNO3S/c1-13(2)8-17-14(18-13)9-4-5-11-10(6-9)15(3)12(7-16)19-11/h4-7,12H,8H2,1-3H3. The zero-order valence-corrected chi connectivity index (χ0v) is 12.1. The lowest BCUT2D eigenvalue weighted by Gasteiger charge is -2.18. The molecule has 4 nitrogen and oxygen atoms in total. The summed E-state index contributed by atoms with van der Waals surface area (Å²) in [6, 6.07) is 6.10. The lowest BCUT2D eigenvalue weighted by atomic mass is 9.79. The van der Waals surface area contributed by atoms with Gasteiger partial charge >= 0.3 is 7.12 Å². The number of thioether (sulfide) groups is 1. The Kier molecular flexibility index (Phi) is 3.11. The molecular weight excluding hydrogens is 261 g/mol. The van der Waals surface area contributed by atoms with Crippen molar-refractivity contribution in [3.8, 4) is 0 Å². The molecular formula is C13H16BNO3S. The van der Waals surface area contributed by atoms with Gasteiger partial charge in [-0.3, -0.25) is 0 Å². The van der Waals surface area contributed by atoms with Crippen LogP contribution in [-0.2, 0) is 14.1 Å². The molecule has 1 fully saturated rings. The average Bonchev–Trinajstić information content (AvgIpc) is 2.90. The first-order chi connectivity index (χ1) is 9.00. The van der Waals surface area contributed by atoms with Crippen LogP contribution in [0.25, 0.3) is 0 Å². The molecule has 0 aliphatic carbocycles. The van der Waals surface area contributed by atoms with Gasteiger partial charge in [-0.2, -0.15) is 0 Å². The molecule has 1 aromatic carbocycles. The summed E-state index contributed by atoms with van der Waals surface area (Å²) in [4.78, 5) is 14.1. The molecule has 2 aliphatic rings. The second-order valence-corrected chi connectivity index (χ2v) is 6.66. The average molecular weight is 277 g/mol. The summed E-state index contributed by atoms with van der Waals surface area (Å²) in [6.45, 7) is 4.63. The van der Waals surface area contributed by atoms with Gasteiger partial charge < -0.3 is 19.0 Å². The lowest BCUT2D eigenvalue weighted by molar-refractivity contribution is -0.107. The van der Waals surface area contributed by atoms with E-state index in [4.69, 9.17) is 9.31 Å². The molecule has 1 aromatic rings. The maximum Gasteiger partial charge on any atom is 0.494 e. The van der Waals surface area contributed by atoms with Gasteiger partial charge in [-0.1, -0.05) is 17.8 Å². The summed E-state index contributed by atoms with van der Waals surface area (Å²) < 4.78 is 11.6. The molecule has 3 rings (SSSR count). The molecule has 2 aliphatic heterocycles. The van der Waals surface area contributed by atoms with Gasteiger partial charge in [0.05, 0.1) is 17.9 Å². The van der Waals surface area contributed by atoms with Crippen LogP contribution in [0.1, 0.15) is 13.8 Å². The lowest BCUT2D eigenvalue weighted by Crippen LogP contribution is -2.35. The number of likely N-dealkylation sites (N-methyl/N-ethyl adjacent to an activating group) is 1. The number of hydrogen-bond donors (Lipinski definition) is 0. The molecule has 0 aromatic heterocycles. The third kappa shape index (κ3) is 2.28. The van der Waals surface area contributed by atoms with Crippen LogP contribution in [0.3, 0.4) is 0 Å². The largest absolute Gasteiger partial charge is 0.494 e. The summed E-state index contributed by atoms with van der Waals surface area (Å²) in [5.41, 5.74) is 1.83. The number of hydrogen-bond acceptors (Lipinski definition) is 5. The number of carbonyl (C=O) groups excluding carboxylic acids is 1. The minimum atomic E-state index is -0.311. The predicted octanol–water partition coefficient (Wildman–Crippen LogP) is 1.27. The summed E-state index contributed by atoms with van der Waals surface area (Å²) in [5.74, 6) is 0. The van der Waals surface area contributed by atoms with Crippen LogP contribution >= 0.6 is 11.8 Å². The van der Waals surface area contributed by atoms with Gasteiger partial charge in [0.1, 0.15) is 5.37 Å². The van der Waals surface area contributed by atoms with Crippen molar-refractivity contribution in [1.29, 1.82) is 0 Å². The Labute approximate surface area is 117 Å². The minimum absolute atomic E-state index is 0.132. The third-order valence-electron chi connectivity index (χ3n) is 3.39. The number of benzene rings is 1. The van der Waals surface area contributed by atoms with E-state index >= 15 is 0 Å². The van der Waals surface area contributed by atoms with E-state index in [0.717, 1.165) is 22.3 Å². The quantitative estimate of drug-likeness (QED) is 0.601. The van der Waals surface area contributed by atoms with Crippen LogP contribution in [0.15, 0.2) is 23.1 Å². The highest BCUT2D eigenvalue weighted by Crippen LogP contribution is 2.41. The van der Waals surface area contributed by atoms with Gasteiger partial charge in [-0.05, 0) is 31.4 Å². The number of carbonyl (C=O) groups is 1. The Balaban J connectivity index is 1.88. The second kappa shape index (κ2) is 4.54. The minimum Gasteiger partial charge on any atom is -0.404 e. The van der Waals surface area contributed by atoms with Gasteiger partial charge in [0.15, 0.2) is 6.29 Å². The number of anilines is 1. The van der Waals surface area contributed by atoms with Gasteiger partial charge in [-0.25, -0.2) is 0 Å². The number of nitrogens with zero attached hydrogens (tertiary/aromatic N) is 1. The van der Waals surface area contributed by atoms with E-state index in [-0.39, 0.29) is 18.1 Å². The maximum atomic E-state index is 11.0. The molecule has 0 radical (unpaired) electrons. The van der Waals surface area contributed by atoms with Gasteiger partial charge in [0.2, 0.25) is 0 Å². The van der Waals surface area contributed by atoms with Crippen molar-refractivity contribution in [1.82, 2.24) is 0 Å². The van der Waals surface area contributed by atoms with E-state index in [9.17, 15) is 4.79 Å². The van der Waals surface area contributed by atoms with Crippen molar-refractivity contribution in [3.63, 3.8) is 0 Å². The van der Waals surface area contributed by atoms with E-state index in [0.29, 0.717) is 6.61 Å². The van der Waals surface area contributed by atoms with Gasteiger partial charge in [0.25, 0.3) is 0 Å². The smallest absolute Gasteiger partial charge is 0.404 e. The molecule has 1 unspecified atom stereocenters. The number of fused-ring (bicyclic) bond motifs is 1. The highest BCUT2D eigenvalue weighted by molar-refractivity contribution is 8.01. The van der Waals surface area contributed by atoms with E-state index in [1.807, 2.05) is 37.9 Å². The van der Waals surface area contributed by atoms with Crippen molar-refractivity contribution >= 4 is 36.3 Å². The molecule has 1 atom stereocenters. The monoisotopic (exact) mass is 277 g/mol. The van der Waals surface area contributed by atoms with Crippen molar-refractivity contribution in [2.75, 3.05) is 18.6 Å². The van der Waals surface area contributed by atoms with E-state index in [1.165, 1.54) is 0 Å². The van der Waals surface area contributed by atoms with Gasteiger partial charge in [0, 0.05) is 11.9 Å². The van der Waals surface area contributed by atoms with Crippen LogP contribution in [-0.4, -0.2) is 38.0 Å². The molecule has 0 bridgehead atoms. The Morgan fingerprint density at radius 2 is 2.32 bits per heavy atom. The molecule has 100 valence electrons. The highest BCUT2D eigenvalue weighted by atomic mass is 32.2. The molecule has 19 heavy (non-hydrogen) atoms. The van der Waals surface area contributed by atoms with Crippen molar-refractivity contribution < 1.29 is 14.1 Å². The fourth-order valence-electron chi connectivity index (χ4n) is 2.32. The van der Waals surface area contributed by atoms with Crippen LogP contribution < -0.4 is 10.4 Å². The zero-order valence-electron chi connectivity index (χ0n) is 11.3. The molecule has 0 spiro atoms. The fourth-order valence-corrected chi connectivity index (χ4v) is 3.38. The van der Waals surface area contributed by atoms with E-state index in [2.05, 4.69) is 6.07 Å². The summed E-state index contributed by atoms with van der Waals surface area (Å²) >= 11 is 1.57. The SMILES string of the molecule is CN1c2cc(B3OCC(C)(C)O3)ccc2SC1C=O. The predicted molar refractivity (Wildman–Crippen MR) is 77.1 cm³/mol. The first-order valence-corrected chi connectivity index (χ1v) is 7.16. The number of aldehydes is 1. The van der Waals surface area contributed by atoms with Crippen LogP contribution in [0.4, 0.5) is 5.69 Å². The first kappa shape index (κ1) is 13.0. The maximum absolute atomic E-state index is 11.0. The molecule has 0 amide bonds. The van der Waals surface area contributed by atoms with E-state index < -0.39 is 0 Å².